The van der Waals surface area contributed by atoms with E-state index < -0.39 is 0 Å². The van der Waals surface area contributed by atoms with Gasteiger partial charge in [0.25, 0.3) is 0 Å². The molecule has 0 saturated heterocycles. The second-order valence-corrected chi connectivity index (χ2v) is 6.18. The van der Waals surface area contributed by atoms with Gasteiger partial charge < -0.3 is 10.2 Å². The van der Waals surface area contributed by atoms with Gasteiger partial charge in [0.15, 0.2) is 0 Å². The highest BCUT2D eigenvalue weighted by atomic mass is 32.1. The third-order valence-corrected chi connectivity index (χ3v) is 4.04. The second-order valence-electron chi connectivity index (χ2n) is 4.92. The van der Waals surface area contributed by atoms with Crippen LogP contribution in [0.5, 0.6) is 0 Å². The van der Waals surface area contributed by atoms with Crippen LogP contribution in [0.3, 0.4) is 0 Å². The highest BCUT2D eigenvalue weighted by molar-refractivity contribution is 7.11. The number of hydrogen-bond donors (Lipinski definition) is 1. The SMILES string of the molecule is CCN(CCCN(C)C)Cc1ccc(CNC)s1. The summed E-state index contributed by atoms with van der Waals surface area (Å²) in [5.41, 5.74) is 0. The molecule has 0 unspecified atom stereocenters. The molecule has 1 aromatic rings. The topological polar surface area (TPSA) is 18.5 Å². The molecule has 4 heteroatoms. The molecular formula is C14H27N3S. The first kappa shape index (κ1) is 15.6. The lowest BCUT2D eigenvalue weighted by Gasteiger charge is -2.20. The molecule has 3 nitrogen and oxygen atoms in total. The predicted octanol–water partition coefficient (Wildman–Crippen LogP) is 2.24. The maximum atomic E-state index is 3.20. The van der Waals surface area contributed by atoms with Gasteiger partial charge in [-0.3, -0.25) is 4.90 Å². The first-order valence-corrected chi connectivity index (χ1v) is 7.56. The minimum absolute atomic E-state index is 0.984. The highest BCUT2D eigenvalue weighted by Gasteiger charge is 2.06. The molecule has 0 aliphatic rings. The van der Waals surface area contributed by atoms with Gasteiger partial charge in [0.2, 0.25) is 0 Å². The van der Waals surface area contributed by atoms with Crippen molar-refractivity contribution in [3.63, 3.8) is 0 Å². The normalized spacial score (nSPS) is 11.7. The van der Waals surface area contributed by atoms with Crippen LogP contribution < -0.4 is 5.32 Å². The van der Waals surface area contributed by atoms with E-state index >= 15 is 0 Å². The predicted molar refractivity (Wildman–Crippen MR) is 81.2 cm³/mol. The molecule has 0 spiro atoms. The quantitative estimate of drug-likeness (QED) is 0.742. The van der Waals surface area contributed by atoms with E-state index in [1.165, 1.54) is 29.3 Å². The molecular weight excluding hydrogens is 242 g/mol. The Kier molecular flexibility index (Phi) is 7.51. The zero-order chi connectivity index (χ0) is 13.4. The average molecular weight is 269 g/mol. The van der Waals surface area contributed by atoms with Gasteiger partial charge >= 0.3 is 0 Å². The van der Waals surface area contributed by atoms with Crippen molar-refractivity contribution in [1.82, 2.24) is 15.1 Å². The first-order valence-electron chi connectivity index (χ1n) is 6.75. The highest BCUT2D eigenvalue weighted by Crippen LogP contribution is 2.18. The molecule has 1 heterocycles. The lowest BCUT2D eigenvalue weighted by molar-refractivity contribution is 0.261. The third kappa shape index (κ3) is 5.96. The fourth-order valence-corrected chi connectivity index (χ4v) is 3.03. The molecule has 104 valence electrons. The van der Waals surface area contributed by atoms with Crippen LogP contribution in [-0.4, -0.2) is 50.6 Å². The Labute approximate surface area is 116 Å². The van der Waals surface area contributed by atoms with Gasteiger partial charge in [0.05, 0.1) is 0 Å². The summed E-state index contributed by atoms with van der Waals surface area (Å²) < 4.78 is 0. The molecule has 0 aliphatic heterocycles. The minimum Gasteiger partial charge on any atom is -0.315 e. The molecule has 0 fully saturated rings. The smallest absolute Gasteiger partial charge is 0.0327 e. The summed E-state index contributed by atoms with van der Waals surface area (Å²) in [4.78, 5) is 7.69. The van der Waals surface area contributed by atoms with Gasteiger partial charge in [0, 0.05) is 22.8 Å². The van der Waals surface area contributed by atoms with Crippen LogP contribution >= 0.6 is 11.3 Å². The molecule has 1 aromatic heterocycles. The molecule has 1 N–H and O–H groups in total. The molecule has 0 radical (unpaired) electrons. The summed E-state index contributed by atoms with van der Waals surface area (Å²) in [7, 11) is 6.28. The van der Waals surface area contributed by atoms with Crippen LogP contribution in [0.25, 0.3) is 0 Å². The zero-order valence-electron chi connectivity index (χ0n) is 12.2. The van der Waals surface area contributed by atoms with Gasteiger partial charge in [0.1, 0.15) is 0 Å². The van der Waals surface area contributed by atoms with Crippen molar-refractivity contribution in [3.8, 4) is 0 Å². The van der Waals surface area contributed by atoms with E-state index in [0.29, 0.717) is 0 Å². The summed E-state index contributed by atoms with van der Waals surface area (Å²) in [6, 6.07) is 4.51. The lowest BCUT2D eigenvalue weighted by Crippen LogP contribution is -2.26. The van der Waals surface area contributed by atoms with E-state index in [1.807, 2.05) is 18.4 Å². The van der Waals surface area contributed by atoms with Crippen LogP contribution in [0.1, 0.15) is 23.1 Å². The van der Waals surface area contributed by atoms with Crippen molar-refractivity contribution < 1.29 is 0 Å². The monoisotopic (exact) mass is 269 g/mol. The van der Waals surface area contributed by atoms with Crippen molar-refractivity contribution in [2.45, 2.75) is 26.4 Å². The number of nitrogens with zero attached hydrogens (tertiary/aromatic N) is 2. The van der Waals surface area contributed by atoms with Crippen LogP contribution in [0.15, 0.2) is 12.1 Å². The number of nitrogens with one attached hydrogen (secondary N) is 1. The summed E-state index contributed by atoms with van der Waals surface area (Å²) >= 11 is 1.93. The molecule has 0 aromatic carbocycles. The number of rotatable bonds is 9. The van der Waals surface area contributed by atoms with E-state index in [4.69, 9.17) is 0 Å². The van der Waals surface area contributed by atoms with E-state index in [-0.39, 0.29) is 0 Å². The molecule has 18 heavy (non-hydrogen) atoms. The zero-order valence-corrected chi connectivity index (χ0v) is 13.0. The summed E-state index contributed by atoms with van der Waals surface area (Å²) in [5, 5.41) is 3.20. The van der Waals surface area contributed by atoms with Gasteiger partial charge in [-0.2, -0.15) is 0 Å². The van der Waals surface area contributed by atoms with Crippen LogP contribution in [0, 0.1) is 0 Å². The lowest BCUT2D eigenvalue weighted by atomic mass is 10.3. The van der Waals surface area contributed by atoms with Crippen molar-refractivity contribution in [3.05, 3.63) is 21.9 Å². The minimum atomic E-state index is 0.984. The van der Waals surface area contributed by atoms with Crippen molar-refractivity contribution in [1.29, 1.82) is 0 Å². The van der Waals surface area contributed by atoms with Crippen LogP contribution in [0.4, 0.5) is 0 Å². The van der Waals surface area contributed by atoms with E-state index in [1.54, 1.807) is 0 Å². The Morgan fingerprint density at radius 2 is 1.89 bits per heavy atom. The molecule has 0 bridgehead atoms. The fraction of sp³-hybridized carbons (Fsp3) is 0.714. The Hall–Kier alpha value is -0.420. The standard InChI is InChI=1S/C14H27N3S/c1-5-17(10-6-9-16(3)4)12-14-8-7-13(18-14)11-15-2/h7-8,15H,5-6,9-12H2,1-4H3. The van der Waals surface area contributed by atoms with Crippen molar-refractivity contribution in [2.75, 3.05) is 40.8 Å². The van der Waals surface area contributed by atoms with E-state index in [2.05, 4.69) is 48.3 Å². The first-order chi connectivity index (χ1) is 8.65. The summed E-state index contributed by atoms with van der Waals surface area (Å²) in [5.74, 6) is 0. The van der Waals surface area contributed by atoms with E-state index in [9.17, 15) is 0 Å². The average Bonchev–Trinajstić information content (AvgIpc) is 2.75. The van der Waals surface area contributed by atoms with Crippen molar-refractivity contribution >= 4 is 11.3 Å². The van der Waals surface area contributed by atoms with Crippen LogP contribution in [-0.2, 0) is 13.1 Å². The molecule has 0 saturated carbocycles. The number of thiophene rings is 1. The maximum absolute atomic E-state index is 3.20. The Bertz CT molecular complexity index is 323. The molecule has 0 aliphatic carbocycles. The largest absolute Gasteiger partial charge is 0.315 e. The van der Waals surface area contributed by atoms with Gasteiger partial charge in [-0.15, -0.1) is 11.3 Å². The van der Waals surface area contributed by atoms with Gasteiger partial charge in [-0.05, 0) is 59.3 Å². The fourth-order valence-electron chi connectivity index (χ4n) is 1.96. The summed E-state index contributed by atoms with van der Waals surface area (Å²) in [6.45, 7) is 7.82. The second kappa shape index (κ2) is 8.64. The van der Waals surface area contributed by atoms with E-state index in [0.717, 1.165) is 19.6 Å². The molecule has 0 amide bonds. The molecule has 0 atom stereocenters. The summed E-state index contributed by atoms with van der Waals surface area (Å²) in [6.07, 6.45) is 1.25. The Balaban J connectivity index is 2.36. The van der Waals surface area contributed by atoms with Crippen LogP contribution in [0.2, 0.25) is 0 Å². The molecule has 1 rings (SSSR count). The Morgan fingerprint density at radius 1 is 1.17 bits per heavy atom. The maximum Gasteiger partial charge on any atom is 0.0327 e. The van der Waals surface area contributed by atoms with Gasteiger partial charge in [-0.25, -0.2) is 0 Å². The van der Waals surface area contributed by atoms with Crippen molar-refractivity contribution in [2.24, 2.45) is 0 Å². The number of hydrogen-bond acceptors (Lipinski definition) is 4. The Morgan fingerprint density at radius 3 is 2.50 bits per heavy atom. The third-order valence-electron chi connectivity index (χ3n) is 2.97. The van der Waals surface area contributed by atoms with Gasteiger partial charge in [-0.1, -0.05) is 6.92 Å².